The summed E-state index contributed by atoms with van der Waals surface area (Å²) in [4.78, 5) is 34.9. The zero-order valence-corrected chi connectivity index (χ0v) is 13.6. The largest absolute Gasteiger partial charge is 0.487 e. The summed E-state index contributed by atoms with van der Waals surface area (Å²) in [6.45, 7) is 4.81. The van der Waals surface area contributed by atoms with E-state index < -0.39 is 11.9 Å². The number of amides is 1. The summed E-state index contributed by atoms with van der Waals surface area (Å²) in [6.07, 6.45) is 1.58. The van der Waals surface area contributed by atoms with Crippen LogP contribution in [0, 0.1) is 0 Å². The molecule has 25 heavy (non-hydrogen) atoms. The van der Waals surface area contributed by atoms with Gasteiger partial charge in [-0.05, 0) is 12.1 Å². The molecule has 0 bridgehead atoms. The molecule has 0 saturated carbocycles. The number of aromatic carboxylic acids is 1. The van der Waals surface area contributed by atoms with E-state index in [1.165, 1.54) is 6.92 Å². The van der Waals surface area contributed by atoms with Crippen LogP contribution in [0.1, 0.15) is 27.9 Å². The fraction of sp³-hybridized carbons (Fsp3) is 0.176. The van der Waals surface area contributed by atoms with E-state index in [0.717, 1.165) is 10.7 Å². The minimum Gasteiger partial charge on any atom is -0.487 e. The number of carboxylic acids is 1. The second-order valence-electron chi connectivity index (χ2n) is 5.08. The zero-order chi connectivity index (χ0) is 18.4. The lowest BCUT2D eigenvalue weighted by Crippen LogP contribution is -2.22. The number of carboxylic acid groups (broad SMARTS) is 1. The number of hydrogen-bond donors (Lipinski definition) is 2. The van der Waals surface area contributed by atoms with Gasteiger partial charge in [-0.25, -0.2) is 4.79 Å². The number of Topliss-reactive ketones (excluding diaryl/α,β-unsaturated/α-hetero) is 1. The van der Waals surface area contributed by atoms with Gasteiger partial charge in [0.25, 0.3) is 0 Å². The maximum atomic E-state index is 12.3. The summed E-state index contributed by atoms with van der Waals surface area (Å²) in [5.74, 6) is -1.67. The number of carbonyl (C=O) groups excluding carboxylic acids is 2. The number of rotatable bonds is 8. The van der Waals surface area contributed by atoms with Crippen molar-refractivity contribution in [2.45, 2.75) is 13.5 Å². The smallest absolute Gasteiger partial charge is 0.356 e. The molecule has 1 aromatic heterocycles. The number of carbonyl (C=O) groups is 3. The molecule has 0 aliphatic carbocycles. The maximum absolute atomic E-state index is 12.3. The fourth-order valence-corrected chi connectivity index (χ4v) is 2.10. The predicted molar refractivity (Wildman–Crippen MR) is 90.0 cm³/mol. The average Bonchev–Trinajstić information content (AvgIpc) is 2.98. The summed E-state index contributed by atoms with van der Waals surface area (Å²) in [5, 5.41) is 15.4. The molecule has 2 N–H and O–H groups in total. The van der Waals surface area contributed by atoms with E-state index in [2.05, 4.69) is 17.0 Å². The van der Waals surface area contributed by atoms with Gasteiger partial charge < -0.3 is 15.2 Å². The van der Waals surface area contributed by atoms with Gasteiger partial charge in [0.15, 0.2) is 11.5 Å². The molecule has 0 aliphatic heterocycles. The highest BCUT2D eigenvalue weighted by Gasteiger charge is 2.18. The van der Waals surface area contributed by atoms with Gasteiger partial charge in [-0.3, -0.25) is 14.3 Å². The van der Waals surface area contributed by atoms with Crippen LogP contribution in [0.3, 0.4) is 0 Å². The molecule has 8 heteroatoms. The number of benzene rings is 1. The molecule has 0 spiro atoms. The van der Waals surface area contributed by atoms with Crippen molar-refractivity contribution in [1.29, 1.82) is 0 Å². The van der Waals surface area contributed by atoms with Crippen molar-refractivity contribution in [1.82, 2.24) is 9.78 Å². The number of ketones is 1. The van der Waals surface area contributed by atoms with E-state index in [1.807, 2.05) is 0 Å². The summed E-state index contributed by atoms with van der Waals surface area (Å²) in [5.41, 5.74) is 0.195. The summed E-state index contributed by atoms with van der Waals surface area (Å²) < 4.78 is 6.51. The molecular weight excluding hydrogens is 326 g/mol. The van der Waals surface area contributed by atoms with Crippen LogP contribution in [0.15, 0.2) is 43.0 Å². The number of ether oxygens (including phenoxy) is 1. The second-order valence-corrected chi connectivity index (χ2v) is 5.08. The third-order valence-electron chi connectivity index (χ3n) is 3.17. The van der Waals surface area contributed by atoms with Gasteiger partial charge in [0.05, 0.1) is 5.69 Å². The Kier molecular flexibility index (Phi) is 5.67. The zero-order valence-electron chi connectivity index (χ0n) is 13.6. The van der Waals surface area contributed by atoms with E-state index in [4.69, 9.17) is 9.84 Å². The molecule has 2 aromatic rings. The number of aromatic nitrogens is 2. The molecule has 1 amide bonds. The number of hydrogen-bond acceptors (Lipinski definition) is 5. The van der Waals surface area contributed by atoms with Crippen molar-refractivity contribution in [3.05, 3.63) is 54.4 Å². The Balaban J connectivity index is 2.17. The highest BCUT2D eigenvalue weighted by molar-refractivity contribution is 5.97. The van der Waals surface area contributed by atoms with Gasteiger partial charge in [-0.15, -0.1) is 0 Å². The molecule has 130 valence electrons. The monoisotopic (exact) mass is 343 g/mol. The highest BCUT2D eigenvalue weighted by atomic mass is 16.5. The number of nitrogens with one attached hydrogen (secondary N) is 1. The van der Waals surface area contributed by atoms with Crippen LogP contribution in [0.25, 0.3) is 0 Å². The van der Waals surface area contributed by atoms with Crippen molar-refractivity contribution < 1.29 is 24.2 Å². The quantitative estimate of drug-likeness (QED) is 0.560. The first-order valence-electron chi connectivity index (χ1n) is 7.37. The number of anilines is 1. The molecule has 1 aromatic carbocycles. The Morgan fingerprint density at radius 2 is 2.08 bits per heavy atom. The van der Waals surface area contributed by atoms with Gasteiger partial charge in [-0.2, -0.15) is 5.10 Å². The molecule has 0 unspecified atom stereocenters. The topological polar surface area (TPSA) is 111 Å². The van der Waals surface area contributed by atoms with Crippen molar-refractivity contribution in [2.24, 2.45) is 0 Å². The van der Waals surface area contributed by atoms with Crippen molar-refractivity contribution in [3.8, 4) is 5.75 Å². The molecule has 1 heterocycles. The Bertz CT molecular complexity index is 825. The fourth-order valence-electron chi connectivity index (χ4n) is 2.10. The minimum atomic E-state index is -1.27. The molecule has 8 nitrogen and oxygen atoms in total. The van der Waals surface area contributed by atoms with E-state index >= 15 is 0 Å². The molecular formula is C17H17N3O5. The van der Waals surface area contributed by atoms with Crippen molar-refractivity contribution in [2.75, 3.05) is 11.9 Å². The van der Waals surface area contributed by atoms with Crippen LogP contribution in [0.5, 0.6) is 5.75 Å². The van der Waals surface area contributed by atoms with Crippen LogP contribution in [-0.2, 0) is 11.3 Å². The summed E-state index contributed by atoms with van der Waals surface area (Å²) in [7, 11) is 0. The van der Waals surface area contributed by atoms with E-state index in [0.29, 0.717) is 11.4 Å². The number of para-hydroxylation sites is 2. The minimum absolute atomic E-state index is 0.0451. The van der Waals surface area contributed by atoms with Crippen LogP contribution in [-0.4, -0.2) is 39.2 Å². The Labute approximate surface area is 143 Å². The van der Waals surface area contributed by atoms with E-state index in [1.54, 1.807) is 30.3 Å². The third-order valence-corrected chi connectivity index (χ3v) is 3.17. The highest BCUT2D eigenvalue weighted by Crippen LogP contribution is 2.23. The Morgan fingerprint density at radius 3 is 2.72 bits per heavy atom. The second kappa shape index (κ2) is 7.91. The van der Waals surface area contributed by atoms with Crippen LogP contribution < -0.4 is 10.1 Å². The van der Waals surface area contributed by atoms with Crippen molar-refractivity contribution in [3.63, 3.8) is 0 Å². The molecule has 0 fully saturated rings. The Morgan fingerprint density at radius 1 is 1.36 bits per heavy atom. The first kappa shape index (κ1) is 17.9. The van der Waals surface area contributed by atoms with Crippen LogP contribution in [0.4, 0.5) is 5.69 Å². The molecule has 0 aliphatic rings. The van der Waals surface area contributed by atoms with Gasteiger partial charge in [0.1, 0.15) is 24.6 Å². The third kappa shape index (κ3) is 4.54. The molecule has 0 saturated heterocycles. The van der Waals surface area contributed by atoms with Gasteiger partial charge in [0.2, 0.25) is 5.91 Å². The molecule has 0 radical (unpaired) electrons. The molecule has 2 rings (SSSR count). The Hall–Kier alpha value is -3.42. The molecule has 0 atom stereocenters. The first-order chi connectivity index (χ1) is 11.9. The van der Waals surface area contributed by atoms with Gasteiger partial charge in [0, 0.05) is 13.0 Å². The lowest BCUT2D eigenvalue weighted by Gasteiger charge is -2.12. The normalized spacial score (nSPS) is 10.1. The average molecular weight is 343 g/mol. The maximum Gasteiger partial charge on any atom is 0.356 e. The van der Waals surface area contributed by atoms with Crippen LogP contribution in [0.2, 0.25) is 0 Å². The predicted octanol–water partition coefficient (Wildman–Crippen LogP) is 1.99. The van der Waals surface area contributed by atoms with E-state index in [-0.39, 0.29) is 30.3 Å². The summed E-state index contributed by atoms with van der Waals surface area (Å²) >= 11 is 0. The van der Waals surface area contributed by atoms with E-state index in [9.17, 15) is 14.4 Å². The summed E-state index contributed by atoms with van der Waals surface area (Å²) in [6, 6.07) is 7.98. The lowest BCUT2D eigenvalue weighted by atomic mass is 10.2. The lowest BCUT2D eigenvalue weighted by molar-refractivity contribution is -0.116. The SMILES string of the molecule is C=CCOc1ccccc1NC(=O)Cn1nc(C(=O)O)cc1C(C)=O. The first-order valence-corrected chi connectivity index (χ1v) is 7.37. The van der Waals surface area contributed by atoms with Gasteiger partial charge in [-0.1, -0.05) is 24.8 Å². The standard InChI is InChI=1S/C17H17N3O5/c1-3-8-25-15-7-5-4-6-12(15)18-16(22)10-20-14(11(2)21)9-13(19-20)17(23)24/h3-7,9H,1,8,10H2,2H3,(H,18,22)(H,23,24). The number of nitrogens with zero attached hydrogens (tertiary/aromatic N) is 2. The van der Waals surface area contributed by atoms with Crippen LogP contribution >= 0.6 is 0 Å². The van der Waals surface area contributed by atoms with Gasteiger partial charge >= 0.3 is 5.97 Å². The van der Waals surface area contributed by atoms with Crippen molar-refractivity contribution >= 4 is 23.3 Å².